The topological polar surface area (TPSA) is 9.23 Å². The predicted octanol–water partition coefficient (Wildman–Crippen LogP) is 5.99. The second-order valence-electron chi connectivity index (χ2n) is 5.33. The second-order valence-corrected chi connectivity index (χ2v) is 5.85. The minimum atomic E-state index is 0.817. The highest BCUT2D eigenvalue weighted by Crippen LogP contribution is 2.23. The largest absolute Gasteiger partial charge is 0.494 e. The molecule has 21 heavy (non-hydrogen) atoms. The Hall–Kier alpha value is -1.41. The number of benzene rings is 2. The van der Waals surface area contributed by atoms with E-state index in [-0.39, 0.29) is 0 Å². The Bertz CT molecular complexity index is 516. The van der Waals surface area contributed by atoms with Crippen molar-refractivity contribution in [2.24, 2.45) is 0 Å². The molecule has 0 radical (unpaired) electrons. The van der Waals surface area contributed by atoms with Gasteiger partial charge in [-0.25, -0.2) is 0 Å². The van der Waals surface area contributed by atoms with Gasteiger partial charge < -0.3 is 4.74 Å². The molecule has 0 amide bonds. The third-order valence-electron chi connectivity index (χ3n) is 3.57. The van der Waals surface area contributed by atoms with E-state index in [0.29, 0.717) is 0 Å². The average Bonchev–Trinajstić information content (AvgIpc) is 2.52. The standard InChI is InChI=1S/C19H24OS/c1-2-3-4-5-6-15-20-18-11-7-16(8-12-18)17-9-13-19(21)14-10-17/h7-14,21H,2-6,15H2,1H3. The fourth-order valence-electron chi connectivity index (χ4n) is 2.29. The SMILES string of the molecule is CCCCCCCOc1ccc(-c2ccc(S)cc2)cc1. The van der Waals surface area contributed by atoms with E-state index in [1.165, 1.54) is 36.8 Å². The first-order valence-corrected chi connectivity index (χ1v) is 8.26. The number of rotatable bonds is 8. The fraction of sp³-hybridized carbons (Fsp3) is 0.368. The van der Waals surface area contributed by atoms with Crippen molar-refractivity contribution in [2.45, 2.75) is 43.9 Å². The van der Waals surface area contributed by atoms with Gasteiger partial charge in [0.25, 0.3) is 0 Å². The maximum Gasteiger partial charge on any atom is 0.119 e. The first-order valence-electron chi connectivity index (χ1n) is 7.82. The van der Waals surface area contributed by atoms with Crippen LogP contribution in [-0.4, -0.2) is 6.61 Å². The van der Waals surface area contributed by atoms with E-state index in [1.807, 2.05) is 12.1 Å². The van der Waals surface area contributed by atoms with Crippen molar-refractivity contribution in [3.05, 3.63) is 48.5 Å². The van der Waals surface area contributed by atoms with Crippen molar-refractivity contribution in [1.29, 1.82) is 0 Å². The molecule has 0 aliphatic rings. The van der Waals surface area contributed by atoms with Gasteiger partial charge in [-0.15, -0.1) is 12.6 Å². The lowest BCUT2D eigenvalue weighted by molar-refractivity contribution is 0.304. The maximum absolute atomic E-state index is 5.78. The first-order chi connectivity index (χ1) is 10.3. The van der Waals surface area contributed by atoms with Crippen LogP contribution in [0.4, 0.5) is 0 Å². The Morgan fingerprint density at radius 2 is 1.33 bits per heavy atom. The molecule has 0 saturated heterocycles. The van der Waals surface area contributed by atoms with Crippen molar-refractivity contribution in [2.75, 3.05) is 6.61 Å². The number of hydrogen-bond donors (Lipinski definition) is 1. The summed E-state index contributed by atoms with van der Waals surface area (Å²) in [5, 5.41) is 0. The third-order valence-corrected chi connectivity index (χ3v) is 3.87. The summed E-state index contributed by atoms with van der Waals surface area (Å²) in [6.45, 7) is 3.05. The summed E-state index contributed by atoms with van der Waals surface area (Å²) < 4.78 is 5.78. The predicted molar refractivity (Wildman–Crippen MR) is 93.4 cm³/mol. The molecule has 0 saturated carbocycles. The molecule has 0 N–H and O–H groups in total. The van der Waals surface area contributed by atoms with Gasteiger partial charge in [-0.05, 0) is 41.8 Å². The van der Waals surface area contributed by atoms with Crippen LogP contribution in [0.15, 0.2) is 53.4 Å². The minimum absolute atomic E-state index is 0.817. The highest BCUT2D eigenvalue weighted by Gasteiger charge is 1.99. The zero-order chi connectivity index (χ0) is 14.9. The van der Waals surface area contributed by atoms with Crippen molar-refractivity contribution >= 4 is 12.6 Å². The lowest BCUT2D eigenvalue weighted by Gasteiger charge is -2.07. The number of unbranched alkanes of at least 4 members (excludes halogenated alkanes) is 4. The summed E-state index contributed by atoms with van der Waals surface area (Å²) in [7, 11) is 0. The summed E-state index contributed by atoms with van der Waals surface area (Å²) >= 11 is 4.31. The molecule has 0 aliphatic heterocycles. The quantitative estimate of drug-likeness (QED) is 0.465. The normalized spacial score (nSPS) is 10.6. The van der Waals surface area contributed by atoms with Gasteiger partial charge in [0.15, 0.2) is 0 Å². The van der Waals surface area contributed by atoms with E-state index >= 15 is 0 Å². The lowest BCUT2D eigenvalue weighted by atomic mass is 10.1. The van der Waals surface area contributed by atoms with Gasteiger partial charge in [0, 0.05) is 4.90 Å². The fourth-order valence-corrected chi connectivity index (χ4v) is 2.44. The molecule has 0 atom stereocenters. The van der Waals surface area contributed by atoms with Gasteiger partial charge in [-0.2, -0.15) is 0 Å². The number of thiol groups is 1. The van der Waals surface area contributed by atoms with Crippen LogP contribution in [0.2, 0.25) is 0 Å². The van der Waals surface area contributed by atoms with Crippen LogP contribution in [0.25, 0.3) is 11.1 Å². The molecule has 0 spiro atoms. The molecular formula is C19H24OS. The van der Waals surface area contributed by atoms with Crippen molar-refractivity contribution in [1.82, 2.24) is 0 Å². The Balaban J connectivity index is 1.80. The van der Waals surface area contributed by atoms with E-state index in [2.05, 4.69) is 56.0 Å². The Kier molecular flexibility index (Phi) is 6.68. The van der Waals surface area contributed by atoms with Gasteiger partial charge in [0.1, 0.15) is 5.75 Å². The monoisotopic (exact) mass is 300 g/mol. The van der Waals surface area contributed by atoms with E-state index < -0.39 is 0 Å². The van der Waals surface area contributed by atoms with E-state index in [4.69, 9.17) is 4.74 Å². The zero-order valence-corrected chi connectivity index (χ0v) is 13.6. The van der Waals surface area contributed by atoms with Crippen LogP contribution in [0, 0.1) is 0 Å². The molecule has 0 fully saturated rings. The van der Waals surface area contributed by atoms with Crippen molar-refractivity contribution < 1.29 is 4.74 Å². The molecule has 2 heteroatoms. The summed E-state index contributed by atoms with van der Waals surface area (Å²) in [6.07, 6.45) is 6.35. The highest BCUT2D eigenvalue weighted by molar-refractivity contribution is 7.80. The van der Waals surface area contributed by atoms with E-state index in [0.717, 1.165) is 23.7 Å². The molecule has 0 aromatic heterocycles. The van der Waals surface area contributed by atoms with Crippen LogP contribution in [-0.2, 0) is 0 Å². The van der Waals surface area contributed by atoms with Gasteiger partial charge in [-0.1, -0.05) is 56.9 Å². The summed E-state index contributed by atoms with van der Waals surface area (Å²) in [5.74, 6) is 0.958. The van der Waals surface area contributed by atoms with Crippen LogP contribution < -0.4 is 4.74 Å². The Labute approximate surface area is 133 Å². The molecule has 112 valence electrons. The van der Waals surface area contributed by atoms with Crippen LogP contribution in [0.1, 0.15) is 39.0 Å². The van der Waals surface area contributed by atoms with Gasteiger partial charge in [0.05, 0.1) is 6.61 Å². The maximum atomic E-state index is 5.78. The van der Waals surface area contributed by atoms with E-state index in [9.17, 15) is 0 Å². The molecule has 2 aromatic rings. The summed E-state index contributed by atoms with van der Waals surface area (Å²) in [6, 6.07) is 16.5. The average molecular weight is 300 g/mol. The lowest BCUT2D eigenvalue weighted by Crippen LogP contribution is -1.97. The third kappa shape index (κ3) is 5.47. The molecular weight excluding hydrogens is 276 g/mol. The first kappa shape index (κ1) is 16.0. The van der Waals surface area contributed by atoms with Gasteiger partial charge in [-0.3, -0.25) is 0 Å². The summed E-state index contributed by atoms with van der Waals surface area (Å²) in [4.78, 5) is 0.988. The Morgan fingerprint density at radius 3 is 1.95 bits per heavy atom. The van der Waals surface area contributed by atoms with Gasteiger partial charge in [0.2, 0.25) is 0 Å². The molecule has 0 aliphatic carbocycles. The Morgan fingerprint density at radius 1 is 0.762 bits per heavy atom. The molecule has 0 bridgehead atoms. The van der Waals surface area contributed by atoms with Crippen LogP contribution in [0.3, 0.4) is 0 Å². The minimum Gasteiger partial charge on any atom is -0.494 e. The summed E-state index contributed by atoms with van der Waals surface area (Å²) in [5.41, 5.74) is 2.41. The number of ether oxygens (including phenoxy) is 1. The molecule has 1 nitrogen and oxygen atoms in total. The van der Waals surface area contributed by atoms with Crippen molar-refractivity contribution in [3.63, 3.8) is 0 Å². The molecule has 2 rings (SSSR count). The molecule has 0 unspecified atom stereocenters. The highest BCUT2D eigenvalue weighted by atomic mass is 32.1. The van der Waals surface area contributed by atoms with Crippen LogP contribution >= 0.6 is 12.6 Å². The zero-order valence-electron chi connectivity index (χ0n) is 12.7. The second kappa shape index (κ2) is 8.78. The molecule has 2 aromatic carbocycles. The molecule has 0 heterocycles. The smallest absolute Gasteiger partial charge is 0.119 e. The van der Waals surface area contributed by atoms with Crippen LogP contribution in [0.5, 0.6) is 5.75 Å². The van der Waals surface area contributed by atoms with Crippen molar-refractivity contribution in [3.8, 4) is 16.9 Å². The number of hydrogen-bond acceptors (Lipinski definition) is 2. The van der Waals surface area contributed by atoms with E-state index in [1.54, 1.807) is 0 Å². The van der Waals surface area contributed by atoms with Gasteiger partial charge >= 0.3 is 0 Å².